The summed E-state index contributed by atoms with van der Waals surface area (Å²) in [4.78, 5) is 36.2. The highest BCUT2D eigenvalue weighted by Gasteiger charge is 2.35. The smallest absolute Gasteiger partial charge is 0.344 e. The van der Waals surface area contributed by atoms with Gasteiger partial charge in [0.15, 0.2) is 0 Å². The Kier molecular flexibility index (Phi) is 7.24. The third kappa shape index (κ3) is 6.19. The van der Waals surface area contributed by atoms with Crippen molar-refractivity contribution in [2.24, 2.45) is 0 Å². The standard InChI is InChI=1S/C19H16ClF3N4O4/c1-26(2)17(28)15(10-11-5-3-6-12(9-11)27(30)31)24-18(29)25-16-13(19(21,22)23)7-4-8-14(16)20/h3-10H,1-2H3,(H2,24,25,29). The van der Waals surface area contributed by atoms with Crippen molar-refractivity contribution in [2.75, 3.05) is 19.4 Å². The first-order valence-electron chi connectivity index (χ1n) is 8.51. The number of likely N-dealkylation sites (N-methyl/N-ethyl adjacent to an activating group) is 1. The fourth-order valence-corrected chi connectivity index (χ4v) is 2.66. The van der Waals surface area contributed by atoms with Gasteiger partial charge in [0.05, 0.1) is 21.2 Å². The third-order valence-corrected chi connectivity index (χ3v) is 4.15. The molecule has 0 saturated carbocycles. The summed E-state index contributed by atoms with van der Waals surface area (Å²) in [5.74, 6) is -0.697. The van der Waals surface area contributed by atoms with Crippen LogP contribution in [0.3, 0.4) is 0 Å². The second-order valence-corrected chi connectivity index (χ2v) is 6.76. The number of amides is 3. The largest absolute Gasteiger partial charge is 0.418 e. The molecular weight excluding hydrogens is 441 g/mol. The molecule has 0 unspecified atom stereocenters. The maximum Gasteiger partial charge on any atom is 0.418 e. The molecule has 31 heavy (non-hydrogen) atoms. The summed E-state index contributed by atoms with van der Waals surface area (Å²) in [5.41, 5.74) is -2.21. The monoisotopic (exact) mass is 456 g/mol. The topological polar surface area (TPSA) is 105 Å². The highest BCUT2D eigenvalue weighted by molar-refractivity contribution is 6.34. The molecule has 0 saturated heterocycles. The first-order valence-corrected chi connectivity index (χ1v) is 8.89. The molecule has 12 heteroatoms. The van der Waals surface area contributed by atoms with Crippen LogP contribution in [-0.4, -0.2) is 35.9 Å². The maximum absolute atomic E-state index is 13.2. The number of carbonyl (C=O) groups excluding carboxylic acids is 2. The van der Waals surface area contributed by atoms with Gasteiger partial charge in [0, 0.05) is 26.2 Å². The predicted octanol–water partition coefficient (Wildman–Crippen LogP) is 4.52. The van der Waals surface area contributed by atoms with E-state index in [4.69, 9.17) is 11.6 Å². The van der Waals surface area contributed by atoms with Gasteiger partial charge in [-0.2, -0.15) is 13.2 Å². The Hall–Kier alpha value is -3.60. The Bertz CT molecular complexity index is 1050. The second-order valence-electron chi connectivity index (χ2n) is 6.35. The van der Waals surface area contributed by atoms with Crippen LogP contribution in [0.5, 0.6) is 0 Å². The van der Waals surface area contributed by atoms with E-state index in [0.717, 1.165) is 29.2 Å². The molecule has 0 aromatic heterocycles. The number of halogens is 4. The van der Waals surface area contributed by atoms with Crippen LogP contribution < -0.4 is 10.6 Å². The predicted molar refractivity (Wildman–Crippen MR) is 108 cm³/mol. The highest BCUT2D eigenvalue weighted by atomic mass is 35.5. The molecule has 2 aromatic rings. The van der Waals surface area contributed by atoms with Crippen LogP contribution >= 0.6 is 11.6 Å². The van der Waals surface area contributed by atoms with E-state index in [1.165, 1.54) is 38.4 Å². The molecule has 0 aliphatic heterocycles. The van der Waals surface area contributed by atoms with E-state index in [-0.39, 0.29) is 22.0 Å². The van der Waals surface area contributed by atoms with E-state index in [1.807, 2.05) is 5.32 Å². The number of nitro benzene ring substituents is 1. The molecule has 2 rings (SSSR count). The van der Waals surface area contributed by atoms with E-state index in [9.17, 15) is 32.9 Å². The van der Waals surface area contributed by atoms with Gasteiger partial charge in [-0.1, -0.05) is 29.8 Å². The van der Waals surface area contributed by atoms with Crippen molar-refractivity contribution >= 4 is 41.0 Å². The van der Waals surface area contributed by atoms with Crippen molar-refractivity contribution in [1.82, 2.24) is 10.2 Å². The van der Waals surface area contributed by atoms with Crippen LogP contribution in [0.1, 0.15) is 11.1 Å². The summed E-state index contributed by atoms with van der Waals surface area (Å²) in [7, 11) is 2.78. The molecule has 8 nitrogen and oxygen atoms in total. The quantitative estimate of drug-likeness (QED) is 0.392. The normalized spacial score (nSPS) is 11.6. The number of urea groups is 1. The molecule has 164 valence electrons. The number of nitrogens with one attached hydrogen (secondary N) is 2. The Labute approximate surface area is 179 Å². The van der Waals surface area contributed by atoms with Gasteiger partial charge < -0.3 is 15.5 Å². The SMILES string of the molecule is CN(C)C(=O)C(=Cc1cccc([N+](=O)[O-])c1)NC(=O)Nc1c(Cl)cccc1C(F)(F)F. The third-order valence-electron chi connectivity index (χ3n) is 3.83. The maximum atomic E-state index is 13.2. The van der Waals surface area contributed by atoms with Crippen LogP contribution in [-0.2, 0) is 11.0 Å². The van der Waals surface area contributed by atoms with Gasteiger partial charge in [-0.3, -0.25) is 14.9 Å². The average molecular weight is 457 g/mol. The molecule has 0 fully saturated rings. The molecule has 0 spiro atoms. The van der Waals surface area contributed by atoms with E-state index < -0.39 is 34.3 Å². The molecule has 2 N–H and O–H groups in total. The van der Waals surface area contributed by atoms with Crippen LogP contribution in [0.15, 0.2) is 48.2 Å². The molecule has 2 aromatic carbocycles. The van der Waals surface area contributed by atoms with Gasteiger partial charge >= 0.3 is 12.2 Å². The number of anilines is 1. The number of nitrogens with zero attached hydrogens (tertiary/aromatic N) is 2. The van der Waals surface area contributed by atoms with Crippen LogP contribution in [0.25, 0.3) is 6.08 Å². The molecule has 0 radical (unpaired) electrons. The minimum absolute atomic E-state index is 0.216. The van der Waals surface area contributed by atoms with Gasteiger partial charge in [0.25, 0.3) is 11.6 Å². The van der Waals surface area contributed by atoms with Gasteiger partial charge in [-0.15, -0.1) is 0 Å². The van der Waals surface area contributed by atoms with Crippen molar-refractivity contribution in [3.8, 4) is 0 Å². The number of non-ortho nitro benzene ring substituents is 1. The Morgan fingerprint density at radius 1 is 1.16 bits per heavy atom. The zero-order valence-electron chi connectivity index (χ0n) is 16.2. The molecular formula is C19H16ClF3N4O4. The summed E-state index contributed by atoms with van der Waals surface area (Å²) in [6.45, 7) is 0. The number of hydrogen-bond donors (Lipinski definition) is 2. The lowest BCUT2D eigenvalue weighted by Gasteiger charge is -2.18. The van der Waals surface area contributed by atoms with Crippen LogP contribution in [0.2, 0.25) is 5.02 Å². The zero-order chi connectivity index (χ0) is 23.3. The average Bonchev–Trinajstić information content (AvgIpc) is 2.67. The minimum atomic E-state index is -4.78. The van der Waals surface area contributed by atoms with E-state index in [0.29, 0.717) is 0 Å². The number of carbonyl (C=O) groups is 2. The Morgan fingerprint density at radius 2 is 1.81 bits per heavy atom. The Morgan fingerprint density at radius 3 is 2.39 bits per heavy atom. The van der Waals surface area contributed by atoms with E-state index in [1.54, 1.807) is 0 Å². The molecule has 0 bridgehead atoms. The summed E-state index contributed by atoms with van der Waals surface area (Å²) < 4.78 is 39.6. The van der Waals surface area contributed by atoms with Crippen molar-refractivity contribution in [3.05, 3.63) is 74.4 Å². The van der Waals surface area contributed by atoms with E-state index >= 15 is 0 Å². The second kappa shape index (κ2) is 9.47. The molecule has 0 aliphatic carbocycles. The van der Waals surface area contributed by atoms with Crippen molar-refractivity contribution in [3.63, 3.8) is 0 Å². The fraction of sp³-hybridized carbons (Fsp3) is 0.158. The number of alkyl halides is 3. The van der Waals surface area contributed by atoms with Gasteiger partial charge in [-0.25, -0.2) is 4.79 Å². The molecule has 3 amide bonds. The lowest BCUT2D eigenvalue weighted by Crippen LogP contribution is -2.36. The first-order chi connectivity index (χ1) is 14.4. The van der Waals surface area contributed by atoms with E-state index in [2.05, 4.69) is 5.32 Å². The summed E-state index contributed by atoms with van der Waals surface area (Å²) in [6, 6.07) is 7.05. The number of para-hydroxylation sites is 1. The lowest BCUT2D eigenvalue weighted by atomic mass is 10.1. The summed E-state index contributed by atoms with van der Waals surface area (Å²) in [6.07, 6.45) is -3.62. The molecule has 0 heterocycles. The van der Waals surface area contributed by atoms with Gasteiger partial charge in [-0.05, 0) is 23.8 Å². The van der Waals surface area contributed by atoms with Gasteiger partial charge in [0.1, 0.15) is 5.70 Å². The first kappa shape index (κ1) is 23.7. The van der Waals surface area contributed by atoms with Crippen molar-refractivity contribution < 1.29 is 27.7 Å². The van der Waals surface area contributed by atoms with Crippen molar-refractivity contribution in [1.29, 1.82) is 0 Å². The molecule has 0 aliphatic rings. The molecule has 0 atom stereocenters. The number of nitro groups is 1. The van der Waals surface area contributed by atoms with Gasteiger partial charge in [0.2, 0.25) is 0 Å². The highest BCUT2D eigenvalue weighted by Crippen LogP contribution is 2.38. The fourth-order valence-electron chi connectivity index (χ4n) is 2.44. The number of rotatable bonds is 5. The minimum Gasteiger partial charge on any atom is -0.344 e. The zero-order valence-corrected chi connectivity index (χ0v) is 16.9. The van der Waals surface area contributed by atoms with Crippen LogP contribution in [0.4, 0.5) is 29.3 Å². The summed E-state index contributed by atoms with van der Waals surface area (Å²) in [5, 5.41) is 14.8. The number of benzene rings is 2. The summed E-state index contributed by atoms with van der Waals surface area (Å²) >= 11 is 5.81. The van der Waals surface area contributed by atoms with Crippen molar-refractivity contribution in [2.45, 2.75) is 6.18 Å². The van der Waals surface area contributed by atoms with Crippen LogP contribution in [0, 0.1) is 10.1 Å². The Balaban J connectivity index is 2.37. The number of hydrogen-bond acceptors (Lipinski definition) is 4. The lowest BCUT2D eigenvalue weighted by molar-refractivity contribution is -0.384.